The molecule has 0 aliphatic rings. The Morgan fingerprint density at radius 3 is 2.38 bits per heavy atom. The second-order valence-corrected chi connectivity index (χ2v) is 8.43. The highest BCUT2D eigenvalue weighted by atomic mass is 16.6. The van der Waals surface area contributed by atoms with E-state index in [0.717, 1.165) is 23.8 Å². The Morgan fingerprint density at radius 2 is 1.66 bits per heavy atom. The third-order valence-electron chi connectivity index (χ3n) is 5.12. The molecular formula is C26H32O6. The predicted molar refractivity (Wildman–Crippen MR) is 125 cm³/mol. The van der Waals surface area contributed by atoms with Gasteiger partial charge in [-0.25, -0.2) is 4.79 Å². The lowest BCUT2D eigenvalue weighted by Crippen LogP contribution is -2.36. The Hall–Kier alpha value is -3.15. The van der Waals surface area contributed by atoms with Crippen molar-refractivity contribution in [2.45, 2.75) is 65.9 Å². The average molecular weight is 441 g/mol. The molecule has 0 saturated carbocycles. The van der Waals surface area contributed by atoms with Crippen molar-refractivity contribution >= 4 is 22.7 Å². The van der Waals surface area contributed by atoms with Crippen LogP contribution in [0.3, 0.4) is 0 Å². The van der Waals surface area contributed by atoms with Crippen molar-refractivity contribution in [3.8, 4) is 5.75 Å². The third kappa shape index (κ3) is 8.17. The first-order chi connectivity index (χ1) is 15.1. The van der Waals surface area contributed by atoms with Crippen molar-refractivity contribution in [1.82, 2.24) is 0 Å². The van der Waals surface area contributed by atoms with Gasteiger partial charge in [0.25, 0.3) is 0 Å². The van der Waals surface area contributed by atoms with Gasteiger partial charge in [-0.05, 0) is 71.2 Å². The Kier molecular flexibility index (Phi) is 9.00. The van der Waals surface area contributed by atoms with E-state index >= 15 is 0 Å². The molecule has 0 N–H and O–H groups in total. The molecule has 1 aromatic carbocycles. The summed E-state index contributed by atoms with van der Waals surface area (Å²) < 4.78 is 16.0. The molecule has 32 heavy (non-hydrogen) atoms. The Balaban J connectivity index is 1.76. The first kappa shape index (κ1) is 25.1. The van der Waals surface area contributed by atoms with Crippen molar-refractivity contribution in [3.05, 3.63) is 64.1 Å². The summed E-state index contributed by atoms with van der Waals surface area (Å²) in [5.74, 6) is 0.115. The maximum absolute atomic E-state index is 12.3. The standard InChI is InChI=1S/C26H32O6/c1-18(9-13-24(28)26(4,5)32-20(3)27)7-6-8-19(2)15-16-30-22-12-10-21-11-14-25(29)31-23(21)17-22/h7,10-12,14-15,17H,6,8-9,13,16H2,1-5H3. The molecule has 6 nitrogen and oxygen atoms in total. The number of fused-ring (bicyclic) bond motifs is 1. The molecule has 2 aromatic rings. The fraction of sp³-hybridized carbons (Fsp3) is 0.423. The van der Waals surface area contributed by atoms with Crippen LogP contribution in [0.5, 0.6) is 5.75 Å². The summed E-state index contributed by atoms with van der Waals surface area (Å²) in [6.45, 7) is 9.04. The summed E-state index contributed by atoms with van der Waals surface area (Å²) in [6.07, 6.45) is 6.91. The van der Waals surface area contributed by atoms with Crippen LogP contribution >= 0.6 is 0 Å². The molecule has 2 rings (SSSR count). The number of carbonyl (C=O) groups excluding carboxylic acids is 2. The van der Waals surface area contributed by atoms with Crippen molar-refractivity contribution in [2.24, 2.45) is 0 Å². The molecule has 0 bridgehead atoms. The van der Waals surface area contributed by atoms with Crippen LogP contribution in [0.25, 0.3) is 11.0 Å². The van der Waals surface area contributed by atoms with Gasteiger partial charge < -0.3 is 13.9 Å². The number of hydrogen-bond acceptors (Lipinski definition) is 6. The first-order valence-electron chi connectivity index (χ1n) is 10.8. The molecule has 0 saturated heterocycles. The summed E-state index contributed by atoms with van der Waals surface area (Å²) >= 11 is 0. The van der Waals surface area contributed by atoms with E-state index in [-0.39, 0.29) is 11.4 Å². The Morgan fingerprint density at radius 1 is 0.969 bits per heavy atom. The molecule has 0 fully saturated rings. The zero-order chi connectivity index (χ0) is 23.7. The maximum Gasteiger partial charge on any atom is 0.336 e. The minimum atomic E-state index is -1.08. The summed E-state index contributed by atoms with van der Waals surface area (Å²) in [5.41, 5.74) is 1.38. The van der Waals surface area contributed by atoms with Crippen LogP contribution in [0.15, 0.2) is 62.8 Å². The SMILES string of the molecule is CC(=O)OC(C)(C)C(=O)CCC(C)=CCCC(C)=CCOc1ccc2ccc(=O)oc2c1. The number of benzene rings is 1. The van der Waals surface area contributed by atoms with Crippen LogP contribution in [0, 0.1) is 0 Å². The molecule has 0 amide bonds. The summed E-state index contributed by atoms with van der Waals surface area (Å²) in [7, 11) is 0. The maximum atomic E-state index is 12.3. The molecule has 1 heterocycles. The molecule has 0 radical (unpaired) electrons. The summed E-state index contributed by atoms with van der Waals surface area (Å²) in [5, 5.41) is 0.850. The van der Waals surface area contributed by atoms with Crippen molar-refractivity contribution in [1.29, 1.82) is 0 Å². The van der Waals surface area contributed by atoms with E-state index in [9.17, 15) is 14.4 Å². The Labute approximate surface area is 188 Å². The highest BCUT2D eigenvalue weighted by Gasteiger charge is 2.29. The smallest absolute Gasteiger partial charge is 0.336 e. The lowest BCUT2D eigenvalue weighted by atomic mass is 9.97. The number of allylic oxidation sites excluding steroid dienone is 3. The van der Waals surface area contributed by atoms with Gasteiger partial charge in [0, 0.05) is 30.9 Å². The molecular weight excluding hydrogens is 408 g/mol. The highest BCUT2D eigenvalue weighted by Crippen LogP contribution is 2.20. The van der Waals surface area contributed by atoms with Crippen LogP contribution in [-0.2, 0) is 14.3 Å². The average Bonchev–Trinajstić information content (AvgIpc) is 2.70. The summed E-state index contributed by atoms with van der Waals surface area (Å²) in [4.78, 5) is 34.7. The lowest BCUT2D eigenvalue weighted by molar-refractivity contribution is -0.161. The monoisotopic (exact) mass is 440 g/mol. The third-order valence-corrected chi connectivity index (χ3v) is 5.12. The van der Waals surface area contributed by atoms with Crippen molar-refractivity contribution in [3.63, 3.8) is 0 Å². The minimum absolute atomic E-state index is 0.0818. The second kappa shape index (κ2) is 11.5. The van der Waals surface area contributed by atoms with Gasteiger partial charge in [0.2, 0.25) is 0 Å². The van der Waals surface area contributed by atoms with E-state index in [2.05, 4.69) is 13.0 Å². The van der Waals surface area contributed by atoms with Crippen molar-refractivity contribution < 1.29 is 23.5 Å². The van der Waals surface area contributed by atoms with Gasteiger partial charge in [0.05, 0.1) is 0 Å². The molecule has 1 aromatic heterocycles. The molecule has 0 atom stereocenters. The van der Waals surface area contributed by atoms with Gasteiger partial charge in [0.15, 0.2) is 11.4 Å². The fourth-order valence-corrected chi connectivity index (χ4v) is 3.19. The lowest BCUT2D eigenvalue weighted by Gasteiger charge is -2.22. The van der Waals surface area contributed by atoms with Crippen molar-refractivity contribution in [2.75, 3.05) is 6.61 Å². The first-order valence-corrected chi connectivity index (χ1v) is 10.8. The molecule has 172 valence electrons. The van der Waals surface area contributed by atoms with E-state index in [0.29, 0.717) is 30.8 Å². The normalized spacial score (nSPS) is 12.7. The number of esters is 1. The number of rotatable bonds is 11. The van der Waals surface area contributed by atoms with E-state index < -0.39 is 11.6 Å². The van der Waals surface area contributed by atoms with Gasteiger partial charge in [-0.1, -0.05) is 17.2 Å². The molecule has 0 aliphatic carbocycles. The largest absolute Gasteiger partial charge is 0.489 e. The topological polar surface area (TPSA) is 82.8 Å². The van der Waals surface area contributed by atoms with Crippen LogP contribution in [0.2, 0.25) is 0 Å². The molecule has 0 aliphatic heterocycles. The van der Waals surface area contributed by atoms with Gasteiger partial charge in [-0.2, -0.15) is 0 Å². The minimum Gasteiger partial charge on any atom is -0.489 e. The van der Waals surface area contributed by atoms with Gasteiger partial charge in [0.1, 0.15) is 17.9 Å². The van der Waals surface area contributed by atoms with E-state index in [1.54, 1.807) is 26.0 Å². The van der Waals surface area contributed by atoms with Crippen LogP contribution < -0.4 is 10.4 Å². The Bertz CT molecular complexity index is 1070. The fourth-order valence-electron chi connectivity index (χ4n) is 3.19. The zero-order valence-electron chi connectivity index (χ0n) is 19.5. The van der Waals surface area contributed by atoms with Gasteiger partial charge in [-0.3, -0.25) is 9.59 Å². The second-order valence-electron chi connectivity index (χ2n) is 8.43. The zero-order valence-corrected chi connectivity index (χ0v) is 19.5. The van der Waals surface area contributed by atoms with E-state index in [4.69, 9.17) is 13.9 Å². The number of Topliss-reactive ketones (excluding diaryl/α,β-unsaturated/α-hetero) is 1. The summed E-state index contributed by atoms with van der Waals surface area (Å²) in [6, 6.07) is 8.54. The van der Waals surface area contributed by atoms with Gasteiger partial charge in [-0.15, -0.1) is 0 Å². The van der Waals surface area contributed by atoms with E-state index in [1.807, 2.05) is 25.1 Å². The van der Waals surface area contributed by atoms with Crippen LogP contribution in [0.1, 0.15) is 60.3 Å². The number of carbonyl (C=O) groups is 2. The van der Waals surface area contributed by atoms with Crippen LogP contribution in [0.4, 0.5) is 0 Å². The molecule has 6 heteroatoms. The van der Waals surface area contributed by atoms with Gasteiger partial charge >= 0.3 is 11.6 Å². The predicted octanol–water partition coefficient (Wildman–Crippen LogP) is 5.54. The quantitative estimate of drug-likeness (QED) is 0.259. The van der Waals surface area contributed by atoms with Crippen LogP contribution in [-0.4, -0.2) is 24.0 Å². The number of ether oxygens (including phenoxy) is 2. The number of ketones is 1. The molecule has 0 spiro atoms. The number of hydrogen-bond donors (Lipinski definition) is 0. The highest BCUT2D eigenvalue weighted by molar-refractivity contribution is 5.88. The molecule has 0 unspecified atom stereocenters. The van der Waals surface area contributed by atoms with E-state index in [1.165, 1.54) is 18.6 Å².